The number of hydrogen-bond acceptors (Lipinski definition) is 5. The van der Waals surface area contributed by atoms with E-state index in [0.717, 1.165) is 18.2 Å². The van der Waals surface area contributed by atoms with E-state index >= 15 is 0 Å². The molecule has 3 rings (SSSR count). The van der Waals surface area contributed by atoms with Crippen LogP contribution in [0.25, 0.3) is 0 Å². The molecule has 0 spiro atoms. The van der Waals surface area contributed by atoms with E-state index < -0.39 is 11.6 Å². The van der Waals surface area contributed by atoms with E-state index in [2.05, 4.69) is 10.3 Å². The van der Waals surface area contributed by atoms with Crippen molar-refractivity contribution in [3.63, 3.8) is 0 Å². The molecule has 1 aromatic carbocycles. The zero-order chi connectivity index (χ0) is 18.7. The summed E-state index contributed by atoms with van der Waals surface area (Å²) < 4.78 is 27.1. The second-order valence-electron chi connectivity index (χ2n) is 6.30. The van der Waals surface area contributed by atoms with Gasteiger partial charge in [0.15, 0.2) is 10.9 Å². The normalized spacial score (nSPS) is 17.0. The van der Waals surface area contributed by atoms with Crippen molar-refractivity contribution >= 4 is 28.2 Å². The summed E-state index contributed by atoms with van der Waals surface area (Å²) >= 11 is 1.35. The minimum absolute atomic E-state index is 0.152. The molecule has 1 aromatic heterocycles. The first-order chi connectivity index (χ1) is 12.5. The largest absolute Gasteiger partial charge is 0.301 e. The molecule has 0 saturated carbocycles. The van der Waals surface area contributed by atoms with Gasteiger partial charge in [0.05, 0.1) is 11.6 Å². The molecule has 1 aliphatic rings. The van der Waals surface area contributed by atoms with Crippen molar-refractivity contribution in [1.29, 1.82) is 0 Å². The van der Waals surface area contributed by atoms with Crippen molar-refractivity contribution in [2.24, 2.45) is 5.92 Å². The highest BCUT2D eigenvalue weighted by molar-refractivity contribution is 7.13. The fourth-order valence-electron chi connectivity index (χ4n) is 3.12. The fraction of sp³-hybridized carbons (Fsp3) is 0.389. The van der Waals surface area contributed by atoms with Gasteiger partial charge in [-0.2, -0.15) is 0 Å². The van der Waals surface area contributed by atoms with Gasteiger partial charge in [0.2, 0.25) is 5.91 Å². The van der Waals surface area contributed by atoms with E-state index in [1.165, 1.54) is 11.3 Å². The van der Waals surface area contributed by atoms with Crippen molar-refractivity contribution in [2.45, 2.75) is 25.8 Å². The topological polar surface area (TPSA) is 62.3 Å². The Morgan fingerprint density at radius 3 is 2.69 bits per heavy atom. The SMILES string of the molecule is CC(C(=O)Nc1nccs1)N1CCC(C(=O)c2cc(F)ccc2F)CC1. The number of benzene rings is 1. The summed E-state index contributed by atoms with van der Waals surface area (Å²) in [5, 5.41) is 5.09. The Morgan fingerprint density at radius 2 is 2.04 bits per heavy atom. The summed E-state index contributed by atoms with van der Waals surface area (Å²) in [5.41, 5.74) is -0.196. The number of rotatable bonds is 5. The number of nitrogens with one attached hydrogen (secondary N) is 1. The van der Waals surface area contributed by atoms with E-state index in [-0.39, 0.29) is 29.2 Å². The molecular weight excluding hydrogens is 360 g/mol. The van der Waals surface area contributed by atoms with Crippen LogP contribution in [-0.4, -0.2) is 40.7 Å². The number of carbonyl (C=O) groups is 2. The van der Waals surface area contributed by atoms with Crippen LogP contribution < -0.4 is 5.32 Å². The number of Topliss-reactive ketones (excluding diaryl/α,β-unsaturated/α-hetero) is 1. The van der Waals surface area contributed by atoms with Crippen molar-refractivity contribution < 1.29 is 18.4 Å². The van der Waals surface area contributed by atoms with Gasteiger partial charge in [-0.1, -0.05) is 0 Å². The molecule has 5 nitrogen and oxygen atoms in total. The highest BCUT2D eigenvalue weighted by Crippen LogP contribution is 2.25. The number of nitrogens with zero attached hydrogens (tertiary/aromatic N) is 2. The fourth-order valence-corrected chi connectivity index (χ4v) is 3.65. The minimum atomic E-state index is -0.699. The first-order valence-electron chi connectivity index (χ1n) is 8.39. The molecule has 1 saturated heterocycles. The monoisotopic (exact) mass is 379 g/mol. The van der Waals surface area contributed by atoms with Crippen LogP contribution in [0.5, 0.6) is 0 Å². The molecule has 0 aliphatic carbocycles. The van der Waals surface area contributed by atoms with Crippen LogP contribution in [0.1, 0.15) is 30.1 Å². The number of halogens is 2. The summed E-state index contributed by atoms with van der Waals surface area (Å²) in [6.45, 7) is 2.89. The predicted molar refractivity (Wildman–Crippen MR) is 95.2 cm³/mol. The maximum atomic E-state index is 13.8. The average molecular weight is 379 g/mol. The highest BCUT2D eigenvalue weighted by Gasteiger charge is 2.31. The van der Waals surface area contributed by atoms with Crippen LogP contribution >= 0.6 is 11.3 Å². The van der Waals surface area contributed by atoms with Gasteiger partial charge in [-0.15, -0.1) is 11.3 Å². The van der Waals surface area contributed by atoms with Gasteiger partial charge in [0.25, 0.3) is 0 Å². The van der Waals surface area contributed by atoms with Crippen molar-refractivity contribution in [1.82, 2.24) is 9.88 Å². The molecule has 1 amide bonds. The molecule has 138 valence electrons. The Bertz CT molecular complexity index is 790. The van der Waals surface area contributed by atoms with E-state index in [9.17, 15) is 18.4 Å². The summed E-state index contributed by atoms with van der Waals surface area (Å²) in [6.07, 6.45) is 2.63. The van der Waals surface area contributed by atoms with Gasteiger partial charge in [0.1, 0.15) is 11.6 Å². The van der Waals surface area contributed by atoms with Gasteiger partial charge in [-0.25, -0.2) is 13.8 Å². The van der Waals surface area contributed by atoms with E-state index in [1.807, 2.05) is 4.90 Å². The molecule has 1 fully saturated rings. The van der Waals surface area contributed by atoms with Crippen LogP contribution in [0.15, 0.2) is 29.8 Å². The smallest absolute Gasteiger partial charge is 0.243 e. The third-order valence-electron chi connectivity index (χ3n) is 4.68. The van der Waals surface area contributed by atoms with Crippen molar-refractivity contribution in [2.75, 3.05) is 18.4 Å². The first-order valence-corrected chi connectivity index (χ1v) is 9.27. The van der Waals surface area contributed by atoms with Crippen LogP contribution in [0.2, 0.25) is 0 Å². The molecule has 2 aromatic rings. The molecule has 8 heteroatoms. The molecule has 0 radical (unpaired) electrons. The van der Waals surface area contributed by atoms with Crippen LogP contribution in [0.4, 0.5) is 13.9 Å². The molecule has 1 unspecified atom stereocenters. The Hall–Kier alpha value is -2.19. The Labute approximate surface area is 154 Å². The number of amides is 1. The van der Waals surface area contributed by atoms with Gasteiger partial charge >= 0.3 is 0 Å². The molecule has 26 heavy (non-hydrogen) atoms. The van der Waals surface area contributed by atoms with Crippen LogP contribution in [0.3, 0.4) is 0 Å². The van der Waals surface area contributed by atoms with E-state index in [4.69, 9.17) is 0 Å². The van der Waals surface area contributed by atoms with E-state index in [1.54, 1.807) is 18.5 Å². The minimum Gasteiger partial charge on any atom is -0.301 e. The standard InChI is InChI=1S/C18H19F2N3O2S/c1-11(17(25)22-18-21-6-9-26-18)23-7-4-12(5-8-23)16(24)14-10-13(19)2-3-15(14)20/h2-3,6,9-12H,4-5,7-8H2,1H3,(H,21,22,25). The van der Waals surface area contributed by atoms with Gasteiger partial charge in [-0.05, 0) is 51.1 Å². The summed E-state index contributed by atoms with van der Waals surface area (Å²) in [4.78, 5) is 30.8. The predicted octanol–water partition coefficient (Wildman–Crippen LogP) is 3.34. The lowest BCUT2D eigenvalue weighted by atomic mass is 9.88. The summed E-state index contributed by atoms with van der Waals surface area (Å²) in [5.74, 6) is -2.21. The van der Waals surface area contributed by atoms with E-state index in [0.29, 0.717) is 31.1 Å². The van der Waals surface area contributed by atoms with Gasteiger partial charge < -0.3 is 5.32 Å². The summed E-state index contributed by atoms with van der Waals surface area (Å²) in [7, 11) is 0. The second-order valence-corrected chi connectivity index (χ2v) is 7.20. The van der Waals surface area contributed by atoms with Crippen molar-refractivity contribution in [3.05, 3.63) is 47.0 Å². The van der Waals surface area contributed by atoms with Gasteiger partial charge in [-0.3, -0.25) is 14.5 Å². The van der Waals surface area contributed by atoms with Crippen molar-refractivity contribution in [3.8, 4) is 0 Å². The molecule has 1 atom stereocenters. The van der Waals surface area contributed by atoms with Crippen LogP contribution in [0, 0.1) is 17.6 Å². The number of ketones is 1. The van der Waals surface area contributed by atoms with Gasteiger partial charge in [0, 0.05) is 17.5 Å². The quantitative estimate of drug-likeness (QED) is 0.810. The second kappa shape index (κ2) is 8.01. The summed E-state index contributed by atoms with van der Waals surface area (Å²) in [6, 6.07) is 2.56. The number of anilines is 1. The molecular formula is C18H19F2N3O2S. The highest BCUT2D eigenvalue weighted by atomic mass is 32.1. The average Bonchev–Trinajstić information content (AvgIpc) is 3.15. The first kappa shape index (κ1) is 18.6. The lowest BCUT2D eigenvalue weighted by molar-refractivity contribution is -0.121. The third kappa shape index (κ3) is 4.13. The zero-order valence-corrected chi connectivity index (χ0v) is 15.1. The number of aromatic nitrogens is 1. The number of piperidine rings is 1. The Balaban J connectivity index is 1.57. The lowest BCUT2D eigenvalue weighted by Gasteiger charge is -2.34. The Kier molecular flexibility index (Phi) is 5.73. The number of carbonyl (C=O) groups excluding carboxylic acids is 2. The van der Waals surface area contributed by atoms with Crippen LogP contribution in [-0.2, 0) is 4.79 Å². The molecule has 1 N–H and O–H groups in total. The zero-order valence-electron chi connectivity index (χ0n) is 14.2. The Morgan fingerprint density at radius 1 is 1.31 bits per heavy atom. The number of hydrogen-bond donors (Lipinski definition) is 1. The maximum absolute atomic E-state index is 13.8. The number of likely N-dealkylation sites (tertiary alicyclic amines) is 1. The molecule has 1 aliphatic heterocycles. The number of thiazole rings is 1. The maximum Gasteiger partial charge on any atom is 0.243 e. The lowest BCUT2D eigenvalue weighted by Crippen LogP contribution is -2.47. The molecule has 0 bridgehead atoms. The third-order valence-corrected chi connectivity index (χ3v) is 5.37. The molecule has 2 heterocycles.